The summed E-state index contributed by atoms with van der Waals surface area (Å²) in [4.78, 5) is 26.7. The average molecular weight is 353 g/mol. The van der Waals surface area contributed by atoms with E-state index in [1.165, 1.54) is 0 Å². The molecule has 2 amide bonds. The maximum Gasteiger partial charge on any atom is 0.255 e. The zero-order chi connectivity index (χ0) is 19.1. The third-order valence-corrected chi connectivity index (χ3v) is 4.53. The van der Waals surface area contributed by atoms with Crippen molar-refractivity contribution in [2.45, 2.75) is 27.7 Å². The van der Waals surface area contributed by atoms with Gasteiger partial charge >= 0.3 is 0 Å². The molecule has 0 fully saturated rings. The number of nitrogens with zero attached hydrogens (tertiary/aromatic N) is 1. The number of hydrogen-bond donors (Lipinski definition) is 2. The summed E-state index contributed by atoms with van der Waals surface area (Å²) in [6, 6.07) is 13.1. The van der Waals surface area contributed by atoms with Crippen LogP contribution in [0.25, 0.3) is 0 Å². The molecule has 0 unspecified atom stereocenters. The molecule has 0 aromatic heterocycles. The largest absolute Gasteiger partial charge is 0.376 e. The van der Waals surface area contributed by atoms with Crippen molar-refractivity contribution in [3.8, 4) is 0 Å². The first kappa shape index (κ1) is 19.5. The Hall–Kier alpha value is -2.82. The summed E-state index contributed by atoms with van der Waals surface area (Å²) in [6.07, 6.45) is 0. The Balaban J connectivity index is 2.06. The summed E-state index contributed by atoms with van der Waals surface area (Å²) >= 11 is 0. The van der Waals surface area contributed by atoms with Crippen molar-refractivity contribution < 1.29 is 9.59 Å². The summed E-state index contributed by atoms with van der Waals surface area (Å²) < 4.78 is 0. The van der Waals surface area contributed by atoms with E-state index in [0.717, 1.165) is 16.8 Å². The summed E-state index contributed by atoms with van der Waals surface area (Å²) in [5, 5.41) is 6.01. The van der Waals surface area contributed by atoms with Crippen LogP contribution in [0.5, 0.6) is 0 Å². The smallest absolute Gasteiger partial charge is 0.255 e. The maximum absolute atomic E-state index is 12.6. The van der Waals surface area contributed by atoms with Crippen molar-refractivity contribution in [1.82, 2.24) is 4.90 Å². The number of amides is 2. The SMILES string of the molecule is CCN(CC)C(=O)c1ccccc1NCC(=O)Nc1cccc(C)c1C. The van der Waals surface area contributed by atoms with Gasteiger partial charge in [0, 0.05) is 24.5 Å². The number of aryl methyl sites for hydroxylation is 1. The molecule has 0 radical (unpaired) electrons. The second kappa shape index (κ2) is 9.04. The quantitative estimate of drug-likeness (QED) is 0.795. The highest BCUT2D eigenvalue weighted by Crippen LogP contribution is 2.19. The molecule has 0 saturated heterocycles. The molecule has 0 saturated carbocycles. The van der Waals surface area contributed by atoms with Gasteiger partial charge in [0.25, 0.3) is 5.91 Å². The first-order chi connectivity index (χ1) is 12.5. The number of carbonyl (C=O) groups excluding carboxylic acids is 2. The van der Waals surface area contributed by atoms with Gasteiger partial charge in [0.1, 0.15) is 0 Å². The van der Waals surface area contributed by atoms with Crippen molar-refractivity contribution in [2.75, 3.05) is 30.3 Å². The summed E-state index contributed by atoms with van der Waals surface area (Å²) in [7, 11) is 0. The maximum atomic E-state index is 12.6. The summed E-state index contributed by atoms with van der Waals surface area (Å²) in [5.41, 5.74) is 4.24. The van der Waals surface area contributed by atoms with E-state index < -0.39 is 0 Å². The Bertz CT molecular complexity index is 783. The normalized spacial score (nSPS) is 10.3. The van der Waals surface area contributed by atoms with Crippen LogP contribution in [0.1, 0.15) is 35.3 Å². The zero-order valence-corrected chi connectivity index (χ0v) is 15.9. The van der Waals surface area contributed by atoms with E-state index >= 15 is 0 Å². The van der Waals surface area contributed by atoms with Gasteiger partial charge in [-0.25, -0.2) is 0 Å². The average Bonchev–Trinajstić information content (AvgIpc) is 2.65. The van der Waals surface area contributed by atoms with E-state index in [4.69, 9.17) is 0 Å². The Morgan fingerprint density at radius 3 is 2.27 bits per heavy atom. The lowest BCUT2D eigenvalue weighted by molar-refractivity contribution is -0.114. The number of rotatable bonds is 7. The highest BCUT2D eigenvalue weighted by molar-refractivity contribution is 6.01. The van der Waals surface area contributed by atoms with Crippen LogP contribution in [-0.2, 0) is 4.79 Å². The van der Waals surface area contributed by atoms with Crippen LogP contribution in [0, 0.1) is 13.8 Å². The monoisotopic (exact) mass is 353 g/mol. The third kappa shape index (κ3) is 4.63. The molecule has 0 atom stereocenters. The van der Waals surface area contributed by atoms with Gasteiger partial charge in [0.05, 0.1) is 12.1 Å². The highest BCUT2D eigenvalue weighted by Gasteiger charge is 2.16. The third-order valence-electron chi connectivity index (χ3n) is 4.53. The number of benzene rings is 2. The first-order valence-electron chi connectivity index (χ1n) is 8.96. The van der Waals surface area contributed by atoms with E-state index in [1.807, 2.05) is 64.1 Å². The van der Waals surface area contributed by atoms with E-state index in [9.17, 15) is 9.59 Å². The minimum absolute atomic E-state index is 0.0342. The van der Waals surface area contributed by atoms with Gasteiger partial charge in [-0.2, -0.15) is 0 Å². The number of para-hydroxylation sites is 1. The van der Waals surface area contributed by atoms with Gasteiger partial charge in [-0.15, -0.1) is 0 Å². The van der Waals surface area contributed by atoms with Gasteiger partial charge in [0.15, 0.2) is 0 Å². The van der Waals surface area contributed by atoms with E-state index in [-0.39, 0.29) is 18.4 Å². The highest BCUT2D eigenvalue weighted by atomic mass is 16.2. The molecule has 0 heterocycles. The number of nitrogens with one attached hydrogen (secondary N) is 2. The number of anilines is 2. The van der Waals surface area contributed by atoms with Crippen LogP contribution < -0.4 is 10.6 Å². The lowest BCUT2D eigenvalue weighted by atomic mass is 10.1. The number of hydrogen-bond acceptors (Lipinski definition) is 3. The standard InChI is InChI=1S/C21H27N3O2/c1-5-24(6-2)21(26)17-11-7-8-12-19(17)22-14-20(25)23-18-13-9-10-15(3)16(18)4/h7-13,22H,5-6,14H2,1-4H3,(H,23,25). The van der Waals surface area contributed by atoms with Crippen molar-refractivity contribution in [2.24, 2.45) is 0 Å². The van der Waals surface area contributed by atoms with Crippen LogP contribution in [0.2, 0.25) is 0 Å². The van der Waals surface area contributed by atoms with Gasteiger partial charge in [-0.3, -0.25) is 9.59 Å². The molecule has 0 aliphatic heterocycles. The Morgan fingerprint density at radius 1 is 0.923 bits per heavy atom. The second-order valence-electron chi connectivity index (χ2n) is 6.17. The van der Waals surface area contributed by atoms with Crippen molar-refractivity contribution in [3.05, 3.63) is 59.2 Å². The van der Waals surface area contributed by atoms with E-state index in [1.54, 1.807) is 11.0 Å². The van der Waals surface area contributed by atoms with Crippen LogP contribution in [0.3, 0.4) is 0 Å². The van der Waals surface area contributed by atoms with Gasteiger partial charge in [-0.05, 0) is 57.0 Å². The topological polar surface area (TPSA) is 61.4 Å². The molecule has 5 heteroatoms. The molecule has 5 nitrogen and oxygen atoms in total. The molecule has 26 heavy (non-hydrogen) atoms. The first-order valence-corrected chi connectivity index (χ1v) is 8.96. The Labute approximate surface area is 155 Å². The van der Waals surface area contributed by atoms with Crippen LogP contribution in [-0.4, -0.2) is 36.3 Å². The van der Waals surface area contributed by atoms with E-state index in [2.05, 4.69) is 10.6 Å². The Morgan fingerprint density at radius 2 is 1.58 bits per heavy atom. The number of carbonyl (C=O) groups is 2. The molecule has 0 aliphatic carbocycles. The fourth-order valence-corrected chi connectivity index (χ4v) is 2.76. The van der Waals surface area contributed by atoms with Crippen molar-refractivity contribution in [1.29, 1.82) is 0 Å². The molecule has 138 valence electrons. The molecule has 0 bridgehead atoms. The summed E-state index contributed by atoms with van der Waals surface area (Å²) in [5.74, 6) is -0.183. The van der Waals surface area contributed by atoms with Crippen LogP contribution in [0.4, 0.5) is 11.4 Å². The van der Waals surface area contributed by atoms with Crippen LogP contribution >= 0.6 is 0 Å². The molecular weight excluding hydrogens is 326 g/mol. The molecular formula is C21H27N3O2. The molecule has 0 aliphatic rings. The van der Waals surface area contributed by atoms with Crippen LogP contribution in [0.15, 0.2) is 42.5 Å². The fourth-order valence-electron chi connectivity index (χ4n) is 2.76. The Kier molecular flexibility index (Phi) is 6.78. The van der Waals surface area contributed by atoms with Crippen molar-refractivity contribution >= 4 is 23.2 Å². The van der Waals surface area contributed by atoms with Gasteiger partial charge in [-0.1, -0.05) is 24.3 Å². The molecule has 2 N–H and O–H groups in total. The van der Waals surface area contributed by atoms with Gasteiger partial charge < -0.3 is 15.5 Å². The minimum Gasteiger partial charge on any atom is -0.376 e. The lowest BCUT2D eigenvalue weighted by Gasteiger charge is -2.20. The predicted molar refractivity (Wildman–Crippen MR) is 107 cm³/mol. The summed E-state index contributed by atoms with van der Waals surface area (Å²) in [6.45, 7) is 9.29. The van der Waals surface area contributed by atoms with Gasteiger partial charge in [0.2, 0.25) is 5.91 Å². The molecule has 0 spiro atoms. The minimum atomic E-state index is -0.149. The van der Waals surface area contributed by atoms with E-state index in [0.29, 0.717) is 24.3 Å². The molecule has 2 rings (SSSR count). The zero-order valence-electron chi connectivity index (χ0n) is 15.9. The molecule has 2 aromatic carbocycles. The molecule has 2 aromatic rings. The van der Waals surface area contributed by atoms with Crippen molar-refractivity contribution in [3.63, 3.8) is 0 Å². The predicted octanol–water partition coefficient (Wildman–Crippen LogP) is 3.84. The second-order valence-corrected chi connectivity index (χ2v) is 6.17. The fraction of sp³-hybridized carbons (Fsp3) is 0.333. The lowest BCUT2D eigenvalue weighted by Crippen LogP contribution is -2.31.